The third-order valence-electron chi connectivity index (χ3n) is 12.7. The fourth-order valence-corrected chi connectivity index (χ4v) is 11.0. The quantitative estimate of drug-likeness (QED) is 0.163. The molecule has 0 bridgehead atoms. The molecule has 3 heterocycles. The van der Waals surface area contributed by atoms with E-state index in [1.807, 2.05) is 11.3 Å². The maximum Gasteiger partial charge on any atom is 0.253 e. The third-order valence-corrected chi connectivity index (χ3v) is 13.9. The van der Waals surface area contributed by atoms with Gasteiger partial charge >= 0.3 is 0 Å². The van der Waals surface area contributed by atoms with Crippen molar-refractivity contribution in [2.75, 3.05) is 9.80 Å². The van der Waals surface area contributed by atoms with E-state index in [9.17, 15) is 0 Å². The molecule has 0 unspecified atom stereocenters. The molecule has 7 aromatic rings. The van der Waals surface area contributed by atoms with Gasteiger partial charge in [0.15, 0.2) is 0 Å². The molecule has 10 rings (SSSR count). The fraction of sp³-hybridized carbons (Fsp3) is 0.294. The van der Waals surface area contributed by atoms with E-state index < -0.39 is 0 Å². The van der Waals surface area contributed by atoms with Crippen LogP contribution in [0.1, 0.15) is 96.6 Å². The van der Waals surface area contributed by atoms with Crippen LogP contribution in [0.2, 0.25) is 0 Å². The van der Waals surface area contributed by atoms with E-state index in [2.05, 4.69) is 181 Å². The Morgan fingerprint density at radius 3 is 1.67 bits per heavy atom. The predicted molar refractivity (Wildman–Crippen MR) is 241 cm³/mol. The Morgan fingerprint density at radius 1 is 0.527 bits per heavy atom. The summed E-state index contributed by atoms with van der Waals surface area (Å²) in [6.45, 7) is 20.9. The minimum absolute atomic E-state index is 0.00792. The summed E-state index contributed by atoms with van der Waals surface area (Å²) < 4.78 is 2.89. The minimum atomic E-state index is 0.00792. The second kappa shape index (κ2) is 11.9. The van der Waals surface area contributed by atoms with E-state index in [0.717, 1.165) is 0 Å². The van der Waals surface area contributed by atoms with Crippen molar-refractivity contribution >= 4 is 88.7 Å². The predicted octanol–water partition coefficient (Wildman–Crippen LogP) is 12.5. The van der Waals surface area contributed by atoms with Crippen molar-refractivity contribution in [1.29, 1.82) is 0 Å². The zero-order chi connectivity index (χ0) is 38.2. The van der Waals surface area contributed by atoms with Gasteiger partial charge in [0.25, 0.3) is 6.71 Å². The fourth-order valence-electron chi connectivity index (χ4n) is 9.67. The average Bonchev–Trinajstić information content (AvgIpc) is 3.79. The van der Waals surface area contributed by atoms with Gasteiger partial charge in [-0.05, 0) is 140 Å². The largest absolute Gasteiger partial charge is 0.311 e. The first-order chi connectivity index (χ1) is 26.2. The van der Waals surface area contributed by atoms with Gasteiger partial charge in [0, 0.05) is 48.9 Å². The van der Waals surface area contributed by atoms with Crippen LogP contribution < -0.4 is 26.2 Å². The second-order valence-corrected chi connectivity index (χ2v) is 20.4. The molecule has 0 saturated carbocycles. The van der Waals surface area contributed by atoms with E-state index in [-0.39, 0.29) is 23.0 Å². The van der Waals surface area contributed by atoms with Crippen LogP contribution in [0.3, 0.4) is 0 Å². The smallest absolute Gasteiger partial charge is 0.253 e. The highest BCUT2D eigenvalue weighted by Gasteiger charge is 2.45. The first-order valence-corrected chi connectivity index (χ1v) is 21.1. The number of fused-ring (bicyclic) bond motifs is 10. The summed E-state index contributed by atoms with van der Waals surface area (Å²) in [6.07, 6.45) is 3.64. The summed E-state index contributed by atoms with van der Waals surface area (Å²) in [5, 5.41) is 2.86. The van der Waals surface area contributed by atoms with E-state index in [4.69, 9.17) is 0 Å². The highest BCUT2D eigenvalue weighted by Crippen LogP contribution is 2.48. The molecule has 6 aromatic carbocycles. The van der Waals surface area contributed by atoms with Gasteiger partial charge in [-0.1, -0.05) is 117 Å². The van der Waals surface area contributed by atoms with Crippen molar-refractivity contribution in [2.45, 2.75) is 97.8 Å². The van der Waals surface area contributed by atoms with Crippen LogP contribution in [0.5, 0.6) is 0 Å². The van der Waals surface area contributed by atoms with Crippen LogP contribution in [0.15, 0.2) is 109 Å². The van der Waals surface area contributed by atoms with Crippen LogP contribution in [0.4, 0.5) is 34.1 Å². The van der Waals surface area contributed by atoms with Gasteiger partial charge in [-0.25, -0.2) is 0 Å². The van der Waals surface area contributed by atoms with Crippen molar-refractivity contribution in [3.05, 3.63) is 137 Å². The van der Waals surface area contributed by atoms with Gasteiger partial charge < -0.3 is 9.80 Å². The number of thiophene rings is 1. The number of rotatable bonds is 2. The Morgan fingerprint density at radius 2 is 1.07 bits per heavy atom. The number of benzene rings is 6. The van der Waals surface area contributed by atoms with E-state index >= 15 is 0 Å². The maximum atomic E-state index is 2.58. The number of hydrogen-bond acceptors (Lipinski definition) is 3. The third kappa shape index (κ3) is 5.27. The van der Waals surface area contributed by atoms with Crippen LogP contribution in [-0.4, -0.2) is 6.71 Å². The number of nitrogens with zero attached hydrogens (tertiary/aromatic N) is 2. The van der Waals surface area contributed by atoms with Crippen molar-refractivity contribution in [1.82, 2.24) is 0 Å². The summed E-state index contributed by atoms with van der Waals surface area (Å²) >= 11 is 2.02. The first-order valence-electron chi connectivity index (χ1n) is 20.3. The van der Waals surface area contributed by atoms with E-state index in [1.54, 1.807) is 11.1 Å². The van der Waals surface area contributed by atoms with E-state index in [0.29, 0.717) is 0 Å². The molecule has 2 aliphatic heterocycles. The lowest BCUT2D eigenvalue weighted by Crippen LogP contribution is -2.61. The lowest BCUT2D eigenvalue weighted by Gasteiger charge is -2.44. The van der Waals surface area contributed by atoms with Crippen molar-refractivity contribution in [3.63, 3.8) is 0 Å². The minimum Gasteiger partial charge on any atom is -0.311 e. The van der Waals surface area contributed by atoms with Crippen LogP contribution >= 0.6 is 11.3 Å². The zero-order valence-corrected chi connectivity index (χ0v) is 34.7. The van der Waals surface area contributed by atoms with Crippen LogP contribution in [0.25, 0.3) is 20.2 Å². The molecule has 0 amide bonds. The average molecular weight is 735 g/mol. The molecule has 55 heavy (non-hydrogen) atoms. The number of anilines is 6. The highest BCUT2D eigenvalue weighted by molar-refractivity contribution is 7.26. The lowest BCUT2D eigenvalue weighted by molar-refractivity contribution is 0.590. The molecule has 0 spiro atoms. The Labute approximate surface area is 331 Å². The summed E-state index contributed by atoms with van der Waals surface area (Å²) in [5.41, 5.74) is 19.1. The van der Waals surface area contributed by atoms with Gasteiger partial charge in [-0.2, -0.15) is 0 Å². The normalized spacial score (nSPS) is 15.0. The summed E-state index contributed by atoms with van der Waals surface area (Å²) in [5.74, 6) is 0. The Kier molecular flexibility index (Phi) is 7.47. The second-order valence-electron chi connectivity index (χ2n) is 19.3. The molecule has 0 N–H and O–H groups in total. The molecule has 0 radical (unpaired) electrons. The molecule has 0 fully saturated rings. The van der Waals surface area contributed by atoms with Crippen LogP contribution in [-0.2, 0) is 29.1 Å². The molecular formula is C51H51BN2S. The van der Waals surface area contributed by atoms with Gasteiger partial charge in [0.1, 0.15) is 0 Å². The molecule has 1 aliphatic carbocycles. The maximum absolute atomic E-state index is 2.58. The molecule has 274 valence electrons. The first kappa shape index (κ1) is 34.7. The standard InChI is InChI=1S/C51H51BN2S/c1-49(2,3)32-17-22-35(23-18-32)53-40-27-21-34(51(7,8)9)30-39(40)52-46-41(53)14-11-15-42(46)54(36-24-19-33(20-25-36)50(4,5)6)43-28-29-44-45(47(43)52)38-26-16-31-12-10-13-37(31)48(38)55-44/h11,14-30H,10,12-13H2,1-9H3. The van der Waals surface area contributed by atoms with Crippen molar-refractivity contribution in [3.8, 4) is 0 Å². The number of hydrogen-bond donors (Lipinski definition) is 0. The molecule has 0 atom stereocenters. The zero-order valence-electron chi connectivity index (χ0n) is 33.9. The highest BCUT2D eigenvalue weighted by atomic mass is 32.1. The molecular weight excluding hydrogens is 683 g/mol. The molecule has 4 heteroatoms. The summed E-state index contributed by atoms with van der Waals surface area (Å²) in [6, 6.07) is 42.8. The number of aryl methyl sites for hydroxylation is 2. The van der Waals surface area contributed by atoms with E-state index in [1.165, 1.54) is 107 Å². The van der Waals surface area contributed by atoms with Crippen molar-refractivity contribution < 1.29 is 0 Å². The summed E-state index contributed by atoms with van der Waals surface area (Å²) in [7, 11) is 0. The topological polar surface area (TPSA) is 6.48 Å². The SMILES string of the molecule is CC(C)(C)c1ccc(N2c3ccc(C(C)(C)C)cc3B3c4c2cccc4N(c2ccc(C(C)(C)C)cc2)c2ccc4sc5c6c(ccc5c4c23)CCC6)cc1. The molecule has 2 nitrogen and oxygen atoms in total. The van der Waals surface area contributed by atoms with Crippen LogP contribution in [0, 0.1) is 0 Å². The Bertz CT molecular complexity index is 2670. The van der Waals surface area contributed by atoms with Gasteiger partial charge in [-0.15, -0.1) is 11.3 Å². The van der Waals surface area contributed by atoms with Gasteiger partial charge in [0.05, 0.1) is 0 Å². The summed E-state index contributed by atoms with van der Waals surface area (Å²) in [4.78, 5) is 5.13. The van der Waals surface area contributed by atoms with Gasteiger partial charge in [0.2, 0.25) is 0 Å². The Balaban J connectivity index is 1.31. The lowest BCUT2D eigenvalue weighted by atomic mass is 9.32. The van der Waals surface area contributed by atoms with Gasteiger partial charge in [-0.3, -0.25) is 0 Å². The Hall–Kier alpha value is -4.80. The molecule has 3 aliphatic rings. The monoisotopic (exact) mass is 734 g/mol. The molecule has 1 aromatic heterocycles. The van der Waals surface area contributed by atoms with Crippen molar-refractivity contribution in [2.24, 2.45) is 0 Å². The molecule has 0 saturated heterocycles.